The van der Waals surface area contributed by atoms with Gasteiger partial charge in [-0.1, -0.05) is 12.1 Å². The number of benzene rings is 1. The number of hydrogen-bond acceptors (Lipinski definition) is 5. The molecule has 1 saturated heterocycles. The number of aryl methyl sites for hydroxylation is 1. The first-order valence-corrected chi connectivity index (χ1v) is 9.95. The molecule has 2 aliphatic rings. The molecule has 1 aromatic carbocycles. The first kappa shape index (κ1) is 19.5. The van der Waals surface area contributed by atoms with Crippen molar-refractivity contribution in [2.24, 2.45) is 0 Å². The molecule has 0 amide bonds. The maximum Gasteiger partial charge on any atom is 0.498 e. The van der Waals surface area contributed by atoms with Crippen molar-refractivity contribution in [3.05, 3.63) is 41.2 Å². The quantitative estimate of drug-likeness (QED) is 0.717. The molecule has 0 unspecified atom stereocenters. The van der Waals surface area contributed by atoms with Crippen LogP contribution in [0.15, 0.2) is 24.3 Å². The van der Waals surface area contributed by atoms with Crippen LogP contribution in [0.4, 0.5) is 0 Å². The van der Waals surface area contributed by atoms with Crippen LogP contribution in [0.5, 0.6) is 5.75 Å². The van der Waals surface area contributed by atoms with Crippen molar-refractivity contribution in [1.82, 2.24) is 9.78 Å². The molecule has 0 bridgehead atoms. The first-order valence-electron chi connectivity index (χ1n) is 9.95. The molecular weight excluding hydrogens is 355 g/mol. The minimum atomic E-state index is -0.397. The van der Waals surface area contributed by atoms with Crippen LogP contribution in [0.2, 0.25) is 0 Å². The third kappa shape index (κ3) is 3.47. The number of aromatic nitrogens is 2. The van der Waals surface area contributed by atoms with Gasteiger partial charge in [0.15, 0.2) is 0 Å². The Labute approximate surface area is 167 Å². The Hall–Kier alpha value is -1.83. The zero-order chi connectivity index (χ0) is 19.9. The number of ether oxygens (including phenoxy) is 2. The van der Waals surface area contributed by atoms with Gasteiger partial charge in [0, 0.05) is 17.7 Å². The topological polar surface area (TPSA) is 54.7 Å². The summed E-state index contributed by atoms with van der Waals surface area (Å²) in [6.07, 6.45) is 2.12. The van der Waals surface area contributed by atoms with Gasteiger partial charge in [-0.25, -0.2) is 0 Å². The lowest BCUT2D eigenvalue weighted by Gasteiger charge is -2.32. The number of hydrogen-bond donors (Lipinski definition) is 0. The van der Waals surface area contributed by atoms with E-state index < -0.39 is 7.12 Å². The fourth-order valence-corrected chi connectivity index (χ4v) is 3.74. The summed E-state index contributed by atoms with van der Waals surface area (Å²) in [4.78, 5) is 0. The molecule has 0 spiro atoms. The highest BCUT2D eigenvalue weighted by Crippen LogP contribution is 2.37. The van der Waals surface area contributed by atoms with Crippen LogP contribution in [0.25, 0.3) is 0 Å². The standard InChI is InChI=1S/C21H29BN2O4/c1-20(2)21(3,4)28-22(27-20)19-17(23-24-12-6-7-18(19)24)14-26-13-15-8-10-16(25-5)11-9-15/h8-11H,6-7,12-14H2,1-5H3. The highest BCUT2D eigenvalue weighted by Gasteiger charge is 2.53. The zero-order valence-electron chi connectivity index (χ0n) is 17.4. The van der Waals surface area contributed by atoms with Gasteiger partial charge < -0.3 is 18.8 Å². The van der Waals surface area contributed by atoms with Crippen molar-refractivity contribution < 1.29 is 18.8 Å². The van der Waals surface area contributed by atoms with E-state index in [9.17, 15) is 0 Å². The molecular formula is C21H29BN2O4. The van der Waals surface area contributed by atoms with E-state index in [1.54, 1.807) is 7.11 Å². The SMILES string of the molecule is COc1ccc(COCc2nn3c(c2B2OC(C)(C)C(C)(C)O2)CCC3)cc1. The van der Waals surface area contributed by atoms with Crippen LogP contribution in [-0.4, -0.2) is 35.2 Å². The summed E-state index contributed by atoms with van der Waals surface area (Å²) in [6, 6.07) is 7.92. The number of methoxy groups -OCH3 is 1. The van der Waals surface area contributed by atoms with Gasteiger partial charge in [-0.05, 0) is 58.2 Å². The maximum atomic E-state index is 6.32. The molecule has 6 nitrogen and oxygen atoms in total. The largest absolute Gasteiger partial charge is 0.498 e. The van der Waals surface area contributed by atoms with Gasteiger partial charge in [0.25, 0.3) is 0 Å². The average molecular weight is 384 g/mol. The summed E-state index contributed by atoms with van der Waals surface area (Å²) < 4.78 is 25.9. The Morgan fingerprint density at radius 3 is 2.39 bits per heavy atom. The molecule has 3 heterocycles. The van der Waals surface area contributed by atoms with Crippen LogP contribution < -0.4 is 10.2 Å². The second kappa shape index (κ2) is 7.21. The second-order valence-corrected chi connectivity index (χ2v) is 8.56. The normalized spacial score (nSPS) is 19.8. The van der Waals surface area contributed by atoms with Crippen LogP contribution in [-0.2, 0) is 40.2 Å². The Morgan fingerprint density at radius 1 is 1.07 bits per heavy atom. The lowest BCUT2D eigenvalue weighted by molar-refractivity contribution is 0.00578. The van der Waals surface area contributed by atoms with Gasteiger partial charge in [-0.2, -0.15) is 5.10 Å². The number of nitrogens with zero attached hydrogens (tertiary/aromatic N) is 2. The second-order valence-electron chi connectivity index (χ2n) is 8.56. The summed E-state index contributed by atoms with van der Waals surface area (Å²) in [5.41, 5.74) is 3.57. The lowest BCUT2D eigenvalue weighted by Crippen LogP contribution is -2.41. The summed E-state index contributed by atoms with van der Waals surface area (Å²) >= 11 is 0. The Balaban J connectivity index is 1.50. The highest BCUT2D eigenvalue weighted by molar-refractivity contribution is 6.63. The summed E-state index contributed by atoms with van der Waals surface area (Å²) in [6.45, 7) is 10.2. The Morgan fingerprint density at radius 2 is 1.75 bits per heavy atom. The minimum absolute atomic E-state index is 0.369. The molecule has 2 aliphatic heterocycles. The van der Waals surface area contributed by atoms with Crippen molar-refractivity contribution in [1.29, 1.82) is 0 Å². The molecule has 1 fully saturated rings. The molecule has 1 aromatic heterocycles. The van der Waals surface area contributed by atoms with Gasteiger partial charge in [-0.15, -0.1) is 0 Å². The summed E-state index contributed by atoms with van der Waals surface area (Å²) in [5, 5.41) is 4.80. The van der Waals surface area contributed by atoms with Crippen molar-refractivity contribution in [3.63, 3.8) is 0 Å². The summed E-state index contributed by atoms with van der Waals surface area (Å²) in [7, 11) is 1.27. The number of fused-ring (bicyclic) bond motifs is 1. The van der Waals surface area contributed by atoms with Crippen molar-refractivity contribution >= 4 is 12.6 Å². The van der Waals surface area contributed by atoms with Gasteiger partial charge in [-0.3, -0.25) is 4.68 Å². The average Bonchev–Trinajstić information content (AvgIpc) is 3.27. The molecule has 2 aromatic rings. The molecule has 4 rings (SSSR count). The first-order chi connectivity index (χ1) is 13.3. The maximum absolute atomic E-state index is 6.32. The van der Waals surface area contributed by atoms with E-state index >= 15 is 0 Å². The third-order valence-electron chi connectivity index (χ3n) is 6.11. The lowest BCUT2D eigenvalue weighted by atomic mass is 9.76. The van der Waals surface area contributed by atoms with E-state index in [1.807, 2.05) is 24.3 Å². The van der Waals surface area contributed by atoms with Crippen LogP contribution >= 0.6 is 0 Å². The van der Waals surface area contributed by atoms with E-state index in [0.717, 1.165) is 41.9 Å². The van der Waals surface area contributed by atoms with Crippen molar-refractivity contribution in [2.45, 2.75) is 71.5 Å². The predicted octanol–water partition coefficient (Wildman–Crippen LogP) is 2.85. The van der Waals surface area contributed by atoms with Crippen LogP contribution in [0.3, 0.4) is 0 Å². The molecule has 28 heavy (non-hydrogen) atoms. The van der Waals surface area contributed by atoms with Gasteiger partial charge in [0.2, 0.25) is 0 Å². The monoisotopic (exact) mass is 384 g/mol. The van der Waals surface area contributed by atoms with Crippen LogP contribution in [0, 0.1) is 0 Å². The molecule has 0 radical (unpaired) electrons. The van der Waals surface area contributed by atoms with Crippen molar-refractivity contribution in [3.8, 4) is 5.75 Å². The number of rotatable bonds is 6. The smallest absolute Gasteiger partial charge is 0.497 e. The molecule has 0 aliphatic carbocycles. The van der Waals surface area contributed by atoms with Gasteiger partial charge in [0.05, 0.1) is 37.2 Å². The molecule has 7 heteroatoms. The van der Waals surface area contributed by atoms with E-state index in [1.165, 1.54) is 5.69 Å². The van der Waals surface area contributed by atoms with E-state index in [-0.39, 0.29) is 11.2 Å². The fourth-order valence-electron chi connectivity index (χ4n) is 3.74. The fraction of sp³-hybridized carbons (Fsp3) is 0.571. The van der Waals surface area contributed by atoms with Crippen molar-refractivity contribution in [2.75, 3.05) is 7.11 Å². The van der Waals surface area contributed by atoms with Crippen LogP contribution in [0.1, 0.15) is 51.1 Å². The minimum Gasteiger partial charge on any atom is -0.497 e. The molecule has 150 valence electrons. The van der Waals surface area contributed by atoms with E-state index in [4.69, 9.17) is 23.9 Å². The Kier molecular flexibility index (Phi) is 5.02. The molecule has 0 atom stereocenters. The Bertz CT molecular complexity index is 829. The zero-order valence-corrected chi connectivity index (χ0v) is 17.4. The molecule has 0 saturated carbocycles. The molecule has 0 N–H and O–H groups in total. The third-order valence-corrected chi connectivity index (χ3v) is 6.11. The predicted molar refractivity (Wildman–Crippen MR) is 108 cm³/mol. The van der Waals surface area contributed by atoms with Gasteiger partial charge in [0.1, 0.15) is 5.75 Å². The highest BCUT2D eigenvalue weighted by atomic mass is 16.7. The van der Waals surface area contributed by atoms with E-state index in [0.29, 0.717) is 13.2 Å². The van der Waals surface area contributed by atoms with Gasteiger partial charge >= 0.3 is 7.12 Å². The summed E-state index contributed by atoms with van der Waals surface area (Å²) in [5.74, 6) is 0.845. The van der Waals surface area contributed by atoms with E-state index in [2.05, 4.69) is 32.4 Å².